The molecule has 1 N–H and O–H groups in total. The number of hydrogen-bond donors (Lipinski definition) is 1. The van der Waals surface area contributed by atoms with Crippen LogP contribution in [0.2, 0.25) is 0 Å². The quantitative estimate of drug-likeness (QED) is 0.740. The van der Waals surface area contributed by atoms with E-state index < -0.39 is 0 Å². The van der Waals surface area contributed by atoms with Crippen LogP contribution in [0.4, 0.5) is 0 Å². The maximum absolute atomic E-state index is 4.42. The van der Waals surface area contributed by atoms with Gasteiger partial charge in [-0.05, 0) is 38.1 Å². The molecular formula is C11H19N7. The fraction of sp³-hybridized carbons (Fsp3) is 0.636. The van der Waals surface area contributed by atoms with Crippen molar-refractivity contribution in [3.8, 4) is 0 Å². The predicted octanol–water partition coefficient (Wildman–Crippen LogP) is 0.203. The molecule has 0 aromatic carbocycles. The minimum absolute atomic E-state index is 0.658. The summed E-state index contributed by atoms with van der Waals surface area (Å²) in [5.41, 5.74) is 2.28. The topological polar surface area (TPSA) is 73.5 Å². The Bertz CT molecular complexity index is 499. The molecule has 2 heterocycles. The van der Waals surface area contributed by atoms with Crippen LogP contribution in [0.25, 0.3) is 0 Å². The van der Waals surface area contributed by atoms with Crippen LogP contribution in [0.5, 0.6) is 0 Å². The first-order valence-corrected chi connectivity index (χ1v) is 6.10. The molecule has 0 aliphatic rings. The van der Waals surface area contributed by atoms with Crippen LogP contribution < -0.4 is 5.32 Å². The predicted molar refractivity (Wildman–Crippen MR) is 66.8 cm³/mol. The smallest absolute Gasteiger partial charge is 0.188 e. The summed E-state index contributed by atoms with van der Waals surface area (Å²) < 4.78 is 2.04. The van der Waals surface area contributed by atoms with Crippen molar-refractivity contribution < 1.29 is 0 Å². The Morgan fingerprint density at radius 1 is 1.28 bits per heavy atom. The van der Waals surface area contributed by atoms with Crippen LogP contribution in [-0.2, 0) is 20.1 Å². The number of aryl methyl sites for hydroxylation is 4. The van der Waals surface area contributed by atoms with Gasteiger partial charge in [-0.15, -0.1) is 10.2 Å². The lowest BCUT2D eigenvalue weighted by Crippen LogP contribution is -2.18. The Balaban J connectivity index is 1.66. The molecule has 0 radical (unpaired) electrons. The van der Waals surface area contributed by atoms with E-state index in [0.717, 1.165) is 31.0 Å². The number of nitrogens with one attached hydrogen (secondary N) is 1. The van der Waals surface area contributed by atoms with Crippen LogP contribution in [0.1, 0.15) is 23.6 Å². The van der Waals surface area contributed by atoms with Gasteiger partial charge in [-0.2, -0.15) is 9.90 Å². The van der Waals surface area contributed by atoms with E-state index in [1.807, 2.05) is 11.6 Å². The van der Waals surface area contributed by atoms with E-state index >= 15 is 0 Å². The van der Waals surface area contributed by atoms with E-state index in [1.54, 1.807) is 7.05 Å². The van der Waals surface area contributed by atoms with Gasteiger partial charge in [0, 0.05) is 12.2 Å². The highest BCUT2D eigenvalue weighted by molar-refractivity contribution is 5.06. The largest absolute Gasteiger partial charge is 0.310 e. The molecule has 2 aromatic heterocycles. The van der Waals surface area contributed by atoms with Crippen LogP contribution in [-0.4, -0.2) is 36.5 Å². The van der Waals surface area contributed by atoms with Gasteiger partial charge >= 0.3 is 0 Å². The maximum atomic E-state index is 4.42. The zero-order chi connectivity index (χ0) is 13.0. The molecule has 0 bridgehead atoms. The Morgan fingerprint density at radius 2 is 2.11 bits per heavy atom. The standard InChI is InChI=1S/C11H19N7/c1-9-7-10(2)18(14-9)6-4-5-12-8-11-13-16-17(3)15-11/h7,12H,4-6,8H2,1-3H3. The third kappa shape index (κ3) is 3.36. The zero-order valence-corrected chi connectivity index (χ0v) is 11.1. The second-order valence-corrected chi connectivity index (χ2v) is 4.38. The van der Waals surface area contributed by atoms with E-state index in [1.165, 1.54) is 10.5 Å². The van der Waals surface area contributed by atoms with E-state index in [-0.39, 0.29) is 0 Å². The summed E-state index contributed by atoms with van der Waals surface area (Å²) in [7, 11) is 1.76. The molecule has 18 heavy (non-hydrogen) atoms. The van der Waals surface area contributed by atoms with Crippen LogP contribution in [0, 0.1) is 13.8 Å². The molecule has 98 valence electrons. The number of tetrazole rings is 1. The number of rotatable bonds is 6. The van der Waals surface area contributed by atoms with E-state index in [0.29, 0.717) is 6.54 Å². The Kier molecular flexibility index (Phi) is 4.03. The molecule has 0 saturated heterocycles. The average Bonchev–Trinajstić information content (AvgIpc) is 2.85. The summed E-state index contributed by atoms with van der Waals surface area (Å²) in [6.45, 7) is 6.60. The molecule has 7 nitrogen and oxygen atoms in total. The zero-order valence-electron chi connectivity index (χ0n) is 11.1. The average molecular weight is 249 g/mol. The summed E-state index contributed by atoms with van der Waals surface area (Å²) >= 11 is 0. The van der Waals surface area contributed by atoms with Crippen molar-refractivity contribution in [2.75, 3.05) is 6.54 Å². The molecule has 0 fully saturated rings. The lowest BCUT2D eigenvalue weighted by molar-refractivity contribution is 0.527. The van der Waals surface area contributed by atoms with E-state index in [4.69, 9.17) is 0 Å². The Labute approximate surface area is 106 Å². The third-order valence-electron chi connectivity index (χ3n) is 2.66. The summed E-state index contributed by atoms with van der Waals surface area (Å²) in [4.78, 5) is 1.47. The second kappa shape index (κ2) is 5.72. The molecule has 2 rings (SSSR count). The SMILES string of the molecule is Cc1cc(C)n(CCCNCc2nnn(C)n2)n1. The van der Waals surface area contributed by atoms with Gasteiger partial charge in [-0.25, -0.2) is 0 Å². The highest BCUT2D eigenvalue weighted by Gasteiger charge is 2.01. The molecule has 0 amide bonds. The minimum Gasteiger partial charge on any atom is -0.310 e. The molecule has 2 aromatic rings. The second-order valence-electron chi connectivity index (χ2n) is 4.38. The first kappa shape index (κ1) is 12.7. The molecule has 7 heteroatoms. The van der Waals surface area contributed by atoms with Crippen molar-refractivity contribution in [1.82, 2.24) is 35.3 Å². The summed E-state index contributed by atoms with van der Waals surface area (Å²) in [5, 5.41) is 19.5. The molecule has 0 saturated carbocycles. The number of nitrogens with zero attached hydrogens (tertiary/aromatic N) is 6. The maximum Gasteiger partial charge on any atom is 0.188 e. The molecule has 0 spiro atoms. The monoisotopic (exact) mass is 249 g/mol. The minimum atomic E-state index is 0.658. The normalized spacial score (nSPS) is 11.1. The highest BCUT2D eigenvalue weighted by atomic mass is 15.6. The van der Waals surface area contributed by atoms with E-state index in [9.17, 15) is 0 Å². The molecule has 0 aliphatic carbocycles. The first-order chi connectivity index (χ1) is 8.65. The molecule has 0 aliphatic heterocycles. The highest BCUT2D eigenvalue weighted by Crippen LogP contribution is 2.02. The van der Waals surface area contributed by atoms with Crippen molar-refractivity contribution in [1.29, 1.82) is 0 Å². The Morgan fingerprint density at radius 3 is 2.72 bits per heavy atom. The third-order valence-corrected chi connectivity index (χ3v) is 2.66. The summed E-state index contributed by atoms with van der Waals surface area (Å²) in [6, 6.07) is 2.09. The van der Waals surface area contributed by atoms with Crippen molar-refractivity contribution in [3.63, 3.8) is 0 Å². The van der Waals surface area contributed by atoms with Gasteiger partial charge in [-0.3, -0.25) is 4.68 Å². The van der Waals surface area contributed by atoms with Crippen molar-refractivity contribution in [2.45, 2.75) is 33.4 Å². The van der Waals surface area contributed by atoms with E-state index in [2.05, 4.69) is 38.8 Å². The van der Waals surface area contributed by atoms with Gasteiger partial charge < -0.3 is 5.32 Å². The summed E-state index contributed by atoms with van der Waals surface area (Å²) in [6.07, 6.45) is 1.03. The number of aromatic nitrogens is 6. The fourth-order valence-corrected chi connectivity index (χ4v) is 1.85. The van der Waals surface area contributed by atoms with Crippen LogP contribution in [0.15, 0.2) is 6.07 Å². The fourth-order valence-electron chi connectivity index (χ4n) is 1.85. The van der Waals surface area contributed by atoms with Gasteiger partial charge in [0.05, 0.1) is 19.3 Å². The van der Waals surface area contributed by atoms with Crippen molar-refractivity contribution in [2.24, 2.45) is 7.05 Å². The van der Waals surface area contributed by atoms with Gasteiger partial charge in [-0.1, -0.05) is 0 Å². The van der Waals surface area contributed by atoms with Crippen molar-refractivity contribution >= 4 is 0 Å². The van der Waals surface area contributed by atoms with Gasteiger partial charge in [0.1, 0.15) is 0 Å². The first-order valence-electron chi connectivity index (χ1n) is 6.10. The molecule has 0 unspecified atom stereocenters. The van der Waals surface area contributed by atoms with Crippen LogP contribution in [0.3, 0.4) is 0 Å². The van der Waals surface area contributed by atoms with Crippen LogP contribution >= 0.6 is 0 Å². The van der Waals surface area contributed by atoms with Gasteiger partial charge in [0.25, 0.3) is 0 Å². The lowest BCUT2D eigenvalue weighted by atomic mass is 10.4. The van der Waals surface area contributed by atoms with Crippen molar-refractivity contribution in [3.05, 3.63) is 23.3 Å². The molecule has 0 atom stereocenters. The summed E-state index contributed by atoms with van der Waals surface area (Å²) in [5.74, 6) is 0.726. The lowest BCUT2D eigenvalue weighted by Gasteiger charge is -2.04. The number of hydrogen-bond acceptors (Lipinski definition) is 5. The Hall–Kier alpha value is -1.76. The van der Waals surface area contributed by atoms with Gasteiger partial charge in [0.15, 0.2) is 5.82 Å². The van der Waals surface area contributed by atoms with Gasteiger partial charge in [0.2, 0.25) is 0 Å². The molecular weight excluding hydrogens is 230 g/mol.